The third-order valence-electron chi connectivity index (χ3n) is 3.24. The summed E-state index contributed by atoms with van der Waals surface area (Å²) in [5.41, 5.74) is 1.52. The number of fused-ring (bicyclic) bond motifs is 1. The third-order valence-corrected chi connectivity index (χ3v) is 3.24. The minimum Gasteiger partial charge on any atom is -0.508 e. The van der Waals surface area contributed by atoms with Crippen LogP contribution in [0.3, 0.4) is 0 Å². The van der Waals surface area contributed by atoms with Crippen LogP contribution in [0, 0.1) is 0 Å². The lowest BCUT2D eigenvalue weighted by Gasteiger charge is -2.11. The van der Waals surface area contributed by atoms with Gasteiger partial charge in [-0.25, -0.2) is 4.79 Å². The summed E-state index contributed by atoms with van der Waals surface area (Å²) < 4.78 is 10.8. The van der Waals surface area contributed by atoms with Crippen molar-refractivity contribution in [2.75, 3.05) is 0 Å². The third kappa shape index (κ3) is 2.81. The highest BCUT2D eigenvalue weighted by Crippen LogP contribution is 2.31. The Kier molecular flexibility index (Phi) is 3.59. The Morgan fingerprint density at radius 2 is 1.91 bits per heavy atom. The highest BCUT2D eigenvalue weighted by molar-refractivity contribution is 5.93. The number of ether oxygens (including phenoxy) is 1. The molecule has 4 heteroatoms. The van der Waals surface area contributed by atoms with Crippen molar-refractivity contribution < 1.29 is 14.3 Å². The predicted molar refractivity (Wildman–Crippen MR) is 85.3 cm³/mol. The fourth-order valence-electron chi connectivity index (χ4n) is 2.40. The van der Waals surface area contributed by atoms with E-state index in [1.165, 1.54) is 12.1 Å². The molecule has 0 radical (unpaired) electrons. The second-order valence-corrected chi connectivity index (χ2v) is 5.35. The quantitative estimate of drug-likeness (QED) is 0.743. The van der Waals surface area contributed by atoms with Crippen LogP contribution in [0.25, 0.3) is 22.1 Å². The number of phenolic OH excluding ortho intramolecular Hbond substituents is 1. The van der Waals surface area contributed by atoms with Crippen molar-refractivity contribution in [2.24, 2.45) is 0 Å². The van der Waals surface area contributed by atoms with Gasteiger partial charge in [-0.3, -0.25) is 0 Å². The van der Waals surface area contributed by atoms with Gasteiger partial charge >= 0.3 is 5.63 Å². The molecule has 3 rings (SSSR count). The SMILES string of the molecule is CC(C)Oc1cccc(-c2cc(=O)oc3cc(O)ccc23)c1. The molecule has 0 bridgehead atoms. The molecule has 0 aliphatic heterocycles. The van der Waals surface area contributed by atoms with Gasteiger partial charge in [0.1, 0.15) is 17.1 Å². The van der Waals surface area contributed by atoms with Gasteiger partial charge < -0.3 is 14.3 Å². The van der Waals surface area contributed by atoms with Gasteiger partial charge in [0, 0.05) is 17.5 Å². The molecule has 1 aromatic heterocycles. The lowest BCUT2D eigenvalue weighted by molar-refractivity contribution is 0.242. The van der Waals surface area contributed by atoms with Gasteiger partial charge in [0.25, 0.3) is 0 Å². The molecule has 0 unspecified atom stereocenters. The van der Waals surface area contributed by atoms with Crippen molar-refractivity contribution in [2.45, 2.75) is 20.0 Å². The normalized spacial score (nSPS) is 11.0. The highest BCUT2D eigenvalue weighted by Gasteiger charge is 2.10. The van der Waals surface area contributed by atoms with Crippen LogP contribution in [0.1, 0.15) is 13.8 Å². The van der Waals surface area contributed by atoms with Crippen molar-refractivity contribution in [1.29, 1.82) is 0 Å². The van der Waals surface area contributed by atoms with E-state index in [9.17, 15) is 9.90 Å². The molecule has 1 N–H and O–H groups in total. The number of hydrogen-bond acceptors (Lipinski definition) is 4. The Bertz CT molecular complexity index is 878. The van der Waals surface area contributed by atoms with Gasteiger partial charge in [-0.05, 0) is 49.2 Å². The van der Waals surface area contributed by atoms with E-state index in [-0.39, 0.29) is 11.9 Å². The molecule has 22 heavy (non-hydrogen) atoms. The zero-order chi connectivity index (χ0) is 15.7. The summed E-state index contributed by atoms with van der Waals surface area (Å²) in [5.74, 6) is 0.803. The molecule has 0 saturated heterocycles. The van der Waals surface area contributed by atoms with E-state index in [1.807, 2.05) is 38.1 Å². The number of aromatic hydroxyl groups is 1. The summed E-state index contributed by atoms with van der Waals surface area (Å²) in [5, 5.41) is 10.3. The monoisotopic (exact) mass is 296 g/mol. The van der Waals surface area contributed by atoms with Crippen molar-refractivity contribution in [3.05, 3.63) is 59.0 Å². The summed E-state index contributed by atoms with van der Waals surface area (Å²) in [4.78, 5) is 11.8. The van der Waals surface area contributed by atoms with Crippen LogP contribution in [0.4, 0.5) is 0 Å². The maximum absolute atomic E-state index is 11.8. The first-order chi connectivity index (χ1) is 10.5. The first kappa shape index (κ1) is 14.2. The minimum absolute atomic E-state index is 0.0599. The zero-order valence-electron chi connectivity index (χ0n) is 12.4. The van der Waals surface area contributed by atoms with Gasteiger partial charge in [0.15, 0.2) is 0 Å². The second kappa shape index (κ2) is 5.56. The van der Waals surface area contributed by atoms with Crippen LogP contribution >= 0.6 is 0 Å². The van der Waals surface area contributed by atoms with Crippen molar-refractivity contribution >= 4 is 11.0 Å². The van der Waals surface area contributed by atoms with Gasteiger partial charge in [-0.1, -0.05) is 12.1 Å². The van der Waals surface area contributed by atoms with Crippen molar-refractivity contribution in [3.8, 4) is 22.6 Å². The average Bonchev–Trinajstić information content (AvgIpc) is 2.45. The summed E-state index contributed by atoms with van der Waals surface area (Å²) in [6.07, 6.45) is 0.0739. The average molecular weight is 296 g/mol. The van der Waals surface area contributed by atoms with Crippen LogP contribution < -0.4 is 10.4 Å². The molecule has 0 fully saturated rings. The summed E-state index contributed by atoms with van der Waals surface area (Å²) in [6.45, 7) is 3.92. The molecule has 1 heterocycles. The van der Waals surface area contributed by atoms with E-state index in [0.29, 0.717) is 5.58 Å². The molecular formula is C18H16O4. The maximum Gasteiger partial charge on any atom is 0.336 e. The minimum atomic E-state index is -0.455. The molecule has 112 valence electrons. The van der Waals surface area contributed by atoms with E-state index in [1.54, 1.807) is 12.1 Å². The summed E-state index contributed by atoms with van der Waals surface area (Å²) in [7, 11) is 0. The number of phenols is 1. The molecule has 2 aromatic carbocycles. The first-order valence-electron chi connectivity index (χ1n) is 7.07. The van der Waals surface area contributed by atoms with Crippen LogP contribution in [0.5, 0.6) is 11.5 Å². The number of hydrogen-bond donors (Lipinski definition) is 1. The summed E-state index contributed by atoms with van der Waals surface area (Å²) in [6, 6.07) is 13.8. The number of rotatable bonds is 3. The zero-order valence-corrected chi connectivity index (χ0v) is 12.4. The van der Waals surface area contributed by atoms with Crippen LogP contribution in [-0.2, 0) is 0 Å². The Morgan fingerprint density at radius 3 is 2.68 bits per heavy atom. The molecule has 0 aliphatic carbocycles. The Hall–Kier alpha value is -2.75. The lowest BCUT2D eigenvalue weighted by Crippen LogP contribution is -2.05. The van der Waals surface area contributed by atoms with Crippen LogP contribution in [0.2, 0.25) is 0 Å². The van der Waals surface area contributed by atoms with E-state index in [2.05, 4.69) is 0 Å². The van der Waals surface area contributed by atoms with Crippen molar-refractivity contribution in [1.82, 2.24) is 0 Å². The molecule has 3 aromatic rings. The van der Waals surface area contributed by atoms with Gasteiger partial charge in [0.05, 0.1) is 6.10 Å². The topological polar surface area (TPSA) is 59.7 Å². The van der Waals surface area contributed by atoms with Crippen LogP contribution in [-0.4, -0.2) is 11.2 Å². The summed E-state index contributed by atoms with van der Waals surface area (Å²) >= 11 is 0. The molecule has 4 nitrogen and oxygen atoms in total. The molecule has 0 atom stereocenters. The standard InChI is InChI=1S/C18H16O4/c1-11(2)21-14-5-3-4-12(8-14)16-10-18(20)22-17-9-13(19)6-7-15(16)17/h3-11,19H,1-2H3. The Morgan fingerprint density at radius 1 is 1.09 bits per heavy atom. The van der Waals surface area contributed by atoms with Crippen molar-refractivity contribution in [3.63, 3.8) is 0 Å². The number of benzene rings is 2. The van der Waals surface area contributed by atoms with E-state index < -0.39 is 5.63 Å². The smallest absolute Gasteiger partial charge is 0.336 e. The van der Waals surface area contributed by atoms with Gasteiger partial charge in [-0.15, -0.1) is 0 Å². The largest absolute Gasteiger partial charge is 0.508 e. The lowest BCUT2D eigenvalue weighted by atomic mass is 10.0. The van der Waals surface area contributed by atoms with E-state index in [4.69, 9.17) is 9.15 Å². The Labute approximate surface area is 127 Å². The molecular weight excluding hydrogens is 280 g/mol. The fraction of sp³-hybridized carbons (Fsp3) is 0.167. The van der Waals surface area contributed by atoms with E-state index >= 15 is 0 Å². The molecule has 0 spiro atoms. The Balaban J connectivity index is 2.19. The molecule has 0 aliphatic rings. The second-order valence-electron chi connectivity index (χ2n) is 5.35. The maximum atomic E-state index is 11.8. The highest BCUT2D eigenvalue weighted by atomic mass is 16.5. The van der Waals surface area contributed by atoms with Crippen LogP contribution in [0.15, 0.2) is 57.7 Å². The first-order valence-corrected chi connectivity index (χ1v) is 7.07. The molecule has 0 saturated carbocycles. The van der Waals surface area contributed by atoms with Gasteiger partial charge in [0.2, 0.25) is 0 Å². The fourth-order valence-corrected chi connectivity index (χ4v) is 2.40. The molecule has 0 amide bonds. The predicted octanol–water partition coefficient (Wildman–Crippen LogP) is 3.95. The van der Waals surface area contributed by atoms with E-state index in [0.717, 1.165) is 22.3 Å². The van der Waals surface area contributed by atoms with Gasteiger partial charge in [-0.2, -0.15) is 0 Å².